The van der Waals surface area contributed by atoms with E-state index in [1.54, 1.807) is 4.57 Å². The first-order valence-electron chi connectivity index (χ1n) is 9.20. The van der Waals surface area contributed by atoms with Gasteiger partial charge in [-0.05, 0) is 50.4 Å². The first-order chi connectivity index (χ1) is 13.5. The van der Waals surface area contributed by atoms with Gasteiger partial charge in [-0.2, -0.15) is 5.10 Å². The van der Waals surface area contributed by atoms with Crippen LogP contribution >= 0.6 is 0 Å². The molecular weight excluding hydrogens is 346 g/mol. The third kappa shape index (κ3) is 2.91. The highest BCUT2D eigenvalue weighted by Crippen LogP contribution is 2.19. The van der Waals surface area contributed by atoms with Crippen molar-refractivity contribution < 1.29 is 0 Å². The second kappa shape index (κ2) is 6.86. The highest BCUT2D eigenvalue weighted by atomic mass is 16.1. The molecule has 2 aromatic heterocycles. The molecule has 0 amide bonds. The molecular formula is C24H21N3O. The van der Waals surface area contributed by atoms with Crippen molar-refractivity contribution in [2.45, 2.75) is 20.8 Å². The second-order valence-electron chi connectivity index (χ2n) is 6.95. The van der Waals surface area contributed by atoms with Gasteiger partial charge in [0.05, 0.1) is 22.3 Å². The lowest BCUT2D eigenvalue weighted by atomic mass is 10.0. The standard InChI is InChI=1S/C24H21N3O/c1-16-15-20-10-8-9-19(13-14-22-17(2)25-26(4)18(22)3)23(20)24(28)27(16)21-11-6-5-7-12-21/h5-12,15H,1-4H3. The van der Waals surface area contributed by atoms with Crippen molar-refractivity contribution >= 4 is 10.8 Å². The van der Waals surface area contributed by atoms with Gasteiger partial charge in [0, 0.05) is 24.0 Å². The van der Waals surface area contributed by atoms with Crippen LogP contribution in [0.4, 0.5) is 0 Å². The summed E-state index contributed by atoms with van der Waals surface area (Å²) >= 11 is 0. The topological polar surface area (TPSA) is 39.8 Å². The fraction of sp³-hybridized carbons (Fsp3) is 0.167. The lowest BCUT2D eigenvalue weighted by Gasteiger charge is -2.12. The Morgan fingerprint density at radius 3 is 2.36 bits per heavy atom. The van der Waals surface area contributed by atoms with Gasteiger partial charge in [-0.15, -0.1) is 0 Å². The molecule has 0 unspecified atom stereocenters. The summed E-state index contributed by atoms with van der Waals surface area (Å²) in [6, 6.07) is 17.5. The maximum Gasteiger partial charge on any atom is 0.264 e. The number of nitrogens with zero attached hydrogens (tertiary/aromatic N) is 3. The predicted octanol–water partition coefficient (Wildman–Crippen LogP) is 4.05. The SMILES string of the molecule is Cc1nn(C)c(C)c1C#Cc1cccc2cc(C)n(-c3ccccc3)c(=O)c12. The van der Waals surface area contributed by atoms with Crippen LogP contribution in [-0.4, -0.2) is 14.3 Å². The van der Waals surface area contributed by atoms with Crippen LogP contribution in [0.15, 0.2) is 59.4 Å². The van der Waals surface area contributed by atoms with Gasteiger partial charge in [-0.25, -0.2) is 0 Å². The second-order valence-corrected chi connectivity index (χ2v) is 6.95. The Labute approximate surface area is 164 Å². The minimum absolute atomic E-state index is 0.0502. The van der Waals surface area contributed by atoms with Gasteiger partial charge in [0.25, 0.3) is 5.56 Å². The van der Waals surface area contributed by atoms with Crippen LogP contribution in [0, 0.1) is 32.6 Å². The number of aromatic nitrogens is 3. The van der Waals surface area contributed by atoms with Crippen molar-refractivity contribution in [3.05, 3.63) is 93.2 Å². The van der Waals surface area contributed by atoms with Crippen molar-refractivity contribution in [2.24, 2.45) is 7.05 Å². The number of benzene rings is 2. The molecule has 0 spiro atoms. The molecule has 2 aromatic carbocycles. The summed E-state index contributed by atoms with van der Waals surface area (Å²) in [5.41, 5.74) is 5.25. The highest BCUT2D eigenvalue weighted by molar-refractivity contribution is 5.88. The Kier molecular flexibility index (Phi) is 4.37. The number of pyridine rings is 1. The van der Waals surface area contributed by atoms with Gasteiger partial charge < -0.3 is 0 Å². The average Bonchev–Trinajstić information content (AvgIpc) is 2.92. The zero-order valence-corrected chi connectivity index (χ0v) is 16.4. The van der Waals surface area contributed by atoms with E-state index in [0.29, 0.717) is 5.39 Å². The van der Waals surface area contributed by atoms with Crippen molar-refractivity contribution in [3.8, 4) is 17.5 Å². The molecule has 0 saturated heterocycles. The summed E-state index contributed by atoms with van der Waals surface area (Å²) < 4.78 is 3.57. The van der Waals surface area contributed by atoms with Crippen LogP contribution < -0.4 is 5.56 Å². The summed E-state index contributed by atoms with van der Waals surface area (Å²) in [5, 5.41) is 5.96. The average molecular weight is 367 g/mol. The fourth-order valence-electron chi connectivity index (χ4n) is 3.58. The van der Waals surface area contributed by atoms with Crippen molar-refractivity contribution in [1.82, 2.24) is 14.3 Å². The van der Waals surface area contributed by atoms with Crippen molar-refractivity contribution in [2.75, 3.05) is 0 Å². The first kappa shape index (κ1) is 17.8. The van der Waals surface area contributed by atoms with Crippen LogP contribution in [0.2, 0.25) is 0 Å². The minimum Gasteiger partial charge on any atom is -0.281 e. The van der Waals surface area contributed by atoms with E-state index in [4.69, 9.17) is 0 Å². The van der Waals surface area contributed by atoms with E-state index in [1.165, 1.54) is 0 Å². The summed E-state index contributed by atoms with van der Waals surface area (Å²) in [6.45, 7) is 5.90. The molecule has 0 fully saturated rings. The first-order valence-corrected chi connectivity index (χ1v) is 9.20. The minimum atomic E-state index is -0.0502. The van der Waals surface area contributed by atoms with E-state index in [9.17, 15) is 4.79 Å². The number of aryl methyl sites for hydroxylation is 3. The molecule has 2 heterocycles. The smallest absolute Gasteiger partial charge is 0.264 e. The van der Waals surface area contributed by atoms with Gasteiger partial charge in [-0.1, -0.05) is 42.2 Å². The Hall–Kier alpha value is -3.58. The van der Waals surface area contributed by atoms with Crippen LogP contribution in [0.1, 0.15) is 28.2 Å². The summed E-state index contributed by atoms with van der Waals surface area (Å²) in [5.74, 6) is 6.45. The largest absolute Gasteiger partial charge is 0.281 e. The Morgan fingerprint density at radius 2 is 1.68 bits per heavy atom. The maximum absolute atomic E-state index is 13.4. The van der Waals surface area contributed by atoms with E-state index in [-0.39, 0.29) is 5.56 Å². The van der Waals surface area contributed by atoms with Gasteiger partial charge in [0.2, 0.25) is 0 Å². The molecule has 4 heteroatoms. The molecule has 0 N–H and O–H groups in total. The van der Waals surface area contributed by atoms with Crippen LogP contribution in [0.5, 0.6) is 0 Å². The van der Waals surface area contributed by atoms with Gasteiger partial charge >= 0.3 is 0 Å². The molecule has 4 rings (SSSR count). The molecule has 0 radical (unpaired) electrons. The molecule has 0 atom stereocenters. The third-order valence-corrected chi connectivity index (χ3v) is 5.08. The van der Waals surface area contributed by atoms with Gasteiger partial charge in [-0.3, -0.25) is 14.0 Å². The molecule has 0 bridgehead atoms. The van der Waals surface area contributed by atoms with Crippen LogP contribution in [-0.2, 0) is 7.05 Å². The molecule has 0 aliphatic heterocycles. The van der Waals surface area contributed by atoms with Crippen LogP contribution in [0.3, 0.4) is 0 Å². The fourth-order valence-corrected chi connectivity index (χ4v) is 3.58. The van der Waals surface area contributed by atoms with Gasteiger partial charge in [0.1, 0.15) is 0 Å². The number of rotatable bonds is 1. The van der Waals surface area contributed by atoms with E-state index in [1.807, 2.05) is 87.1 Å². The third-order valence-electron chi connectivity index (χ3n) is 5.08. The van der Waals surface area contributed by atoms with E-state index in [2.05, 4.69) is 16.9 Å². The van der Waals surface area contributed by atoms with Gasteiger partial charge in [0.15, 0.2) is 0 Å². The Balaban J connectivity index is 1.97. The predicted molar refractivity (Wildman–Crippen MR) is 113 cm³/mol. The van der Waals surface area contributed by atoms with Crippen molar-refractivity contribution in [1.29, 1.82) is 0 Å². The van der Waals surface area contributed by atoms with Crippen molar-refractivity contribution in [3.63, 3.8) is 0 Å². The lowest BCUT2D eigenvalue weighted by Crippen LogP contribution is -2.21. The number of fused-ring (bicyclic) bond motifs is 1. The molecule has 138 valence electrons. The van der Waals surface area contributed by atoms with E-state index < -0.39 is 0 Å². The quantitative estimate of drug-likeness (QED) is 0.476. The van der Waals surface area contributed by atoms with E-state index in [0.717, 1.165) is 39.3 Å². The maximum atomic E-state index is 13.4. The summed E-state index contributed by atoms with van der Waals surface area (Å²) in [7, 11) is 1.91. The summed E-state index contributed by atoms with van der Waals surface area (Å²) in [6.07, 6.45) is 0. The Morgan fingerprint density at radius 1 is 0.929 bits per heavy atom. The number of hydrogen-bond acceptors (Lipinski definition) is 2. The normalized spacial score (nSPS) is 10.7. The van der Waals surface area contributed by atoms with Crippen LogP contribution in [0.25, 0.3) is 16.5 Å². The zero-order valence-electron chi connectivity index (χ0n) is 16.4. The lowest BCUT2D eigenvalue weighted by molar-refractivity contribution is 0.731. The number of hydrogen-bond donors (Lipinski definition) is 0. The molecule has 4 nitrogen and oxygen atoms in total. The molecule has 0 aliphatic carbocycles. The molecule has 0 saturated carbocycles. The van der Waals surface area contributed by atoms with E-state index >= 15 is 0 Å². The highest BCUT2D eigenvalue weighted by Gasteiger charge is 2.11. The molecule has 4 aromatic rings. The zero-order chi connectivity index (χ0) is 19.8. The monoisotopic (exact) mass is 367 g/mol. The molecule has 0 aliphatic rings. The molecule has 28 heavy (non-hydrogen) atoms. The summed E-state index contributed by atoms with van der Waals surface area (Å²) in [4.78, 5) is 13.4. The Bertz CT molecular complexity index is 1320. The number of para-hydroxylation sites is 1.